The summed E-state index contributed by atoms with van der Waals surface area (Å²) in [6.45, 7) is 8.99. The zero-order valence-electron chi connectivity index (χ0n) is 16.5. The van der Waals surface area contributed by atoms with E-state index >= 15 is 0 Å². The Hall–Kier alpha value is -2.82. The van der Waals surface area contributed by atoms with E-state index in [-0.39, 0.29) is 12.2 Å². The van der Waals surface area contributed by atoms with Crippen LogP contribution in [0.4, 0.5) is 11.4 Å². The molecule has 0 aromatic heterocycles. The highest BCUT2D eigenvalue weighted by molar-refractivity contribution is 6.04. The van der Waals surface area contributed by atoms with Gasteiger partial charge in [0.05, 0.1) is 12.2 Å². The largest absolute Gasteiger partial charge is 0.461 e. The zero-order valence-corrected chi connectivity index (χ0v) is 16.5. The second-order valence-electron chi connectivity index (χ2n) is 6.91. The number of rotatable bonds is 7. The molecule has 0 aliphatic carbocycles. The predicted octanol–water partition coefficient (Wildman–Crippen LogP) is 4.40. The molecule has 0 atom stereocenters. The second kappa shape index (κ2) is 9.21. The lowest BCUT2D eigenvalue weighted by Gasteiger charge is -2.31. The van der Waals surface area contributed by atoms with Gasteiger partial charge in [0.1, 0.15) is 0 Å². The van der Waals surface area contributed by atoms with Crippen LogP contribution in [0, 0.1) is 6.92 Å². The Kier molecular flexibility index (Phi) is 6.99. The van der Waals surface area contributed by atoms with Crippen molar-refractivity contribution in [2.75, 3.05) is 4.90 Å². The summed E-state index contributed by atoms with van der Waals surface area (Å²) in [6.07, 6.45) is -0.690. The van der Waals surface area contributed by atoms with Crippen LogP contribution >= 0.6 is 0 Å². The quantitative estimate of drug-likeness (QED) is 0.535. The number of carbonyl (C=O) groups is 2. The fourth-order valence-electron chi connectivity index (χ4n) is 2.64. The van der Waals surface area contributed by atoms with Gasteiger partial charge in [-0.2, -0.15) is 0 Å². The number of ether oxygens (including phenoxy) is 2. The van der Waals surface area contributed by atoms with Gasteiger partial charge in [0.15, 0.2) is 0 Å². The molecule has 0 amide bonds. The molecular formula is C22H27NO4. The van der Waals surface area contributed by atoms with Crippen LogP contribution in [0.25, 0.3) is 0 Å². The summed E-state index contributed by atoms with van der Waals surface area (Å²) in [4.78, 5) is 27.4. The Morgan fingerprint density at radius 1 is 0.741 bits per heavy atom. The summed E-state index contributed by atoms with van der Waals surface area (Å²) in [5, 5.41) is 0. The Balaban J connectivity index is 2.56. The van der Waals surface area contributed by atoms with E-state index in [9.17, 15) is 9.59 Å². The summed E-state index contributed by atoms with van der Waals surface area (Å²) in [6, 6.07) is 15.7. The summed E-state index contributed by atoms with van der Waals surface area (Å²) >= 11 is 0. The molecule has 0 bridgehead atoms. The molecule has 0 saturated heterocycles. The van der Waals surface area contributed by atoms with Crippen molar-refractivity contribution < 1.29 is 19.1 Å². The van der Waals surface area contributed by atoms with Crippen molar-refractivity contribution in [3.05, 3.63) is 60.2 Å². The van der Waals surface area contributed by atoms with Gasteiger partial charge in [-0.05, 0) is 58.9 Å². The first kappa shape index (κ1) is 20.5. The van der Waals surface area contributed by atoms with Gasteiger partial charge < -0.3 is 14.4 Å². The topological polar surface area (TPSA) is 55.8 Å². The number of benzene rings is 2. The number of aryl methyl sites for hydroxylation is 1. The van der Waals surface area contributed by atoms with E-state index in [1.54, 1.807) is 32.6 Å². The highest BCUT2D eigenvalue weighted by Gasteiger charge is 2.38. The molecule has 5 nitrogen and oxygen atoms in total. The Morgan fingerprint density at radius 3 is 1.63 bits per heavy atom. The molecule has 27 heavy (non-hydrogen) atoms. The van der Waals surface area contributed by atoms with Gasteiger partial charge in [0.2, 0.25) is 6.04 Å². The van der Waals surface area contributed by atoms with Crippen LogP contribution in [-0.2, 0) is 19.1 Å². The lowest BCUT2D eigenvalue weighted by molar-refractivity contribution is -0.160. The molecule has 0 heterocycles. The molecule has 2 aromatic carbocycles. The number of anilines is 2. The van der Waals surface area contributed by atoms with E-state index in [0.717, 1.165) is 5.56 Å². The van der Waals surface area contributed by atoms with Crippen LogP contribution in [0.1, 0.15) is 33.3 Å². The van der Waals surface area contributed by atoms with Crippen LogP contribution in [0.15, 0.2) is 54.6 Å². The number of esters is 2. The molecule has 0 radical (unpaired) electrons. The molecule has 0 N–H and O–H groups in total. The molecule has 0 aliphatic heterocycles. The molecule has 2 aromatic rings. The average molecular weight is 369 g/mol. The van der Waals surface area contributed by atoms with E-state index in [1.807, 2.05) is 61.5 Å². The normalized spacial score (nSPS) is 11.0. The van der Waals surface area contributed by atoms with Crippen molar-refractivity contribution >= 4 is 23.3 Å². The van der Waals surface area contributed by atoms with Gasteiger partial charge in [-0.25, -0.2) is 9.59 Å². The third kappa shape index (κ3) is 5.58. The summed E-state index contributed by atoms with van der Waals surface area (Å²) in [7, 11) is 0. The molecule has 0 aliphatic rings. The highest BCUT2D eigenvalue weighted by Crippen LogP contribution is 2.29. The summed E-state index contributed by atoms with van der Waals surface area (Å²) < 4.78 is 10.8. The molecular weight excluding hydrogens is 342 g/mol. The molecule has 0 unspecified atom stereocenters. The fourth-order valence-corrected chi connectivity index (χ4v) is 2.64. The van der Waals surface area contributed by atoms with Crippen molar-refractivity contribution in [2.45, 2.75) is 52.9 Å². The first-order chi connectivity index (χ1) is 12.8. The van der Waals surface area contributed by atoms with Crippen molar-refractivity contribution in [3.8, 4) is 0 Å². The van der Waals surface area contributed by atoms with E-state index in [1.165, 1.54) is 0 Å². The number of para-hydroxylation sites is 1. The highest BCUT2D eigenvalue weighted by atomic mass is 16.6. The maximum atomic E-state index is 12.9. The molecule has 5 heteroatoms. The molecule has 0 fully saturated rings. The second-order valence-corrected chi connectivity index (χ2v) is 6.91. The van der Waals surface area contributed by atoms with Gasteiger partial charge in [0, 0.05) is 11.4 Å². The van der Waals surface area contributed by atoms with Crippen LogP contribution in [-0.4, -0.2) is 30.2 Å². The zero-order chi connectivity index (χ0) is 20.0. The maximum absolute atomic E-state index is 12.9. The lowest BCUT2D eigenvalue weighted by atomic mass is 10.1. The van der Waals surface area contributed by atoms with Crippen LogP contribution < -0.4 is 4.90 Å². The first-order valence-corrected chi connectivity index (χ1v) is 9.11. The average Bonchev–Trinajstić information content (AvgIpc) is 2.59. The standard InChI is InChI=1S/C22H27NO4/c1-15(2)26-21(24)20(22(25)27-16(3)4)23(18-9-7-6-8-10-18)19-13-11-17(5)12-14-19/h6-16,20H,1-5H3. The first-order valence-electron chi connectivity index (χ1n) is 9.11. The van der Waals surface area contributed by atoms with Crippen molar-refractivity contribution in [3.63, 3.8) is 0 Å². The lowest BCUT2D eigenvalue weighted by Crippen LogP contribution is -2.47. The van der Waals surface area contributed by atoms with Gasteiger partial charge in [-0.3, -0.25) is 0 Å². The number of hydrogen-bond acceptors (Lipinski definition) is 5. The Morgan fingerprint density at radius 2 is 1.19 bits per heavy atom. The third-order valence-electron chi connectivity index (χ3n) is 3.75. The molecule has 144 valence electrons. The van der Waals surface area contributed by atoms with E-state index in [0.29, 0.717) is 11.4 Å². The van der Waals surface area contributed by atoms with Gasteiger partial charge in [0.25, 0.3) is 0 Å². The van der Waals surface area contributed by atoms with Crippen LogP contribution in [0.2, 0.25) is 0 Å². The third-order valence-corrected chi connectivity index (χ3v) is 3.75. The van der Waals surface area contributed by atoms with E-state index in [2.05, 4.69) is 0 Å². The van der Waals surface area contributed by atoms with Crippen molar-refractivity contribution in [1.29, 1.82) is 0 Å². The monoisotopic (exact) mass is 369 g/mol. The number of nitrogens with zero attached hydrogens (tertiary/aromatic N) is 1. The summed E-state index contributed by atoms with van der Waals surface area (Å²) in [5.74, 6) is -1.28. The maximum Gasteiger partial charge on any atom is 0.341 e. The Labute approximate surface area is 160 Å². The fraction of sp³-hybridized carbons (Fsp3) is 0.364. The predicted molar refractivity (Wildman–Crippen MR) is 106 cm³/mol. The minimum atomic E-state index is -1.24. The van der Waals surface area contributed by atoms with E-state index in [4.69, 9.17) is 9.47 Å². The van der Waals surface area contributed by atoms with Crippen LogP contribution in [0.3, 0.4) is 0 Å². The van der Waals surface area contributed by atoms with E-state index < -0.39 is 18.0 Å². The van der Waals surface area contributed by atoms with Crippen molar-refractivity contribution in [2.24, 2.45) is 0 Å². The molecule has 0 saturated carbocycles. The smallest absolute Gasteiger partial charge is 0.341 e. The number of carbonyl (C=O) groups excluding carboxylic acids is 2. The SMILES string of the molecule is Cc1ccc(N(c2ccccc2)C(C(=O)OC(C)C)C(=O)OC(C)C)cc1. The van der Waals surface area contributed by atoms with Gasteiger partial charge >= 0.3 is 11.9 Å². The van der Waals surface area contributed by atoms with Crippen molar-refractivity contribution in [1.82, 2.24) is 0 Å². The van der Waals surface area contributed by atoms with Crippen LogP contribution in [0.5, 0.6) is 0 Å². The number of hydrogen-bond donors (Lipinski definition) is 0. The summed E-state index contributed by atoms with van der Waals surface area (Å²) in [5.41, 5.74) is 2.49. The minimum absolute atomic E-state index is 0.345. The molecule has 2 rings (SSSR count). The minimum Gasteiger partial charge on any atom is -0.461 e. The Bertz CT molecular complexity index is 732. The molecule has 0 spiro atoms. The van der Waals surface area contributed by atoms with Gasteiger partial charge in [-0.15, -0.1) is 0 Å². The van der Waals surface area contributed by atoms with Gasteiger partial charge in [-0.1, -0.05) is 35.9 Å².